The first kappa shape index (κ1) is 13.7. The SMILES string of the molecule is COc1ccc(Br)cc1C(=O)Nn1c(C)ccc1C. The van der Waals surface area contributed by atoms with Gasteiger partial charge in [-0.05, 0) is 44.2 Å². The number of aromatic nitrogens is 1. The minimum atomic E-state index is -0.208. The fourth-order valence-electron chi connectivity index (χ4n) is 1.86. The monoisotopic (exact) mass is 322 g/mol. The van der Waals surface area contributed by atoms with E-state index in [0.717, 1.165) is 15.9 Å². The molecule has 1 aromatic carbocycles. The number of hydrogen-bond acceptors (Lipinski definition) is 2. The first-order chi connectivity index (χ1) is 9.02. The molecule has 1 aromatic heterocycles. The van der Waals surface area contributed by atoms with Crippen molar-refractivity contribution >= 4 is 21.8 Å². The van der Waals surface area contributed by atoms with Gasteiger partial charge in [0, 0.05) is 15.9 Å². The number of methoxy groups -OCH3 is 1. The molecular weight excluding hydrogens is 308 g/mol. The summed E-state index contributed by atoms with van der Waals surface area (Å²) in [5.41, 5.74) is 5.29. The van der Waals surface area contributed by atoms with E-state index in [9.17, 15) is 4.79 Å². The molecule has 0 bridgehead atoms. The summed E-state index contributed by atoms with van der Waals surface area (Å²) in [5.74, 6) is 0.337. The minimum Gasteiger partial charge on any atom is -0.496 e. The smallest absolute Gasteiger partial charge is 0.273 e. The van der Waals surface area contributed by atoms with Gasteiger partial charge < -0.3 is 4.74 Å². The van der Waals surface area contributed by atoms with Crippen LogP contribution in [0.5, 0.6) is 5.75 Å². The molecule has 5 heteroatoms. The largest absolute Gasteiger partial charge is 0.496 e. The molecule has 1 N–H and O–H groups in total. The Hall–Kier alpha value is -1.75. The second-order valence-corrected chi connectivity index (χ2v) is 5.15. The van der Waals surface area contributed by atoms with E-state index >= 15 is 0 Å². The molecular formula is C14H15BrN2O2. The third-order valence-corrected chi connectivity index (χ3v) is 3.38. The second-order valence-electron chi connectivity index (χ2n) is 4.24. The molecule has 0 aliphatic heterocycles. The number of ether oxygens (including phenoxy) is 1. The Bertz CT molecular complexity index is 600. The number of amides is 1. The van der Waals surface area contributed by atoms with Gasteiger partial charge in [0.15, 0.2) is 0 Å². The van der Waals surface area contributed by atoms with Crippen molar-refractivity contribution in [2.75, 3.05) is 12.5 Å². The number of nitrogens with zero attached hydrogens (tertiary/aromatic N) is 1. The van der Waals surface area contributed by atoms with Crippen molar-refractivity contribution in [2.45, 2.75) is 13.8 Å². The highest BCUT2D eigenvalue weighted by molar-refractivity contribution is 9.10. The minimum absolute atomic E-state index is 0.208. The van der Waals surface area contributed by atoms with Crippen LogP contribution < -0.4 is 10.2 Å². The van der Waals surface area contributed by atoms with Crippen LogP contribution in [-0.2, 0) is 0 Å². The Kier molecular flexibility index (Phi) is 3.95. The molecule has 1 amide bonds. The van der Waals surface area contributed by atoms with Gasteiger partial charge in [-0.25, -0.2) is 0 Å². The van der Waals surface area contributed by atoms with Gasteiger partial charge in [0.1, 0.15) is 5.75 Å². The number of rotatable bonds is 3. The molecule has 0 aliphatic carbocycles. The highest BCUT2D eigenvalue weighted by atomic mass is 79.9. The summed E-state index contributed by atoms with van der Waals surface area (Å²) in [7, 11) is 1.55. The Morgan fingerprint density at radius 2 is 1.84 bits per heavy atom. The first-order valence-corrected chi connectivity index (χ1v) is 6.62. The third kappa shape index (κ3) is 2.81. The molecule has 0 spiro atoms. The van der Waals surface area contributed by atoms with E-state index in [1.807, 2.05) is 32.0 Å². The molecule has 0 radical (unpaired) electrons. The van der Waals surface area contributed by atoms with Gasteiger partial charge in [0.2, 0.25) is 0 Å². The molecule has 4 nitrogen and oxygen atoms in total. The second kappa shape index (κ2) is 5.48. The van der Waals surface area contributed by atoms with Crippen LogP contribution in [0.1, 0.15) is 21.7 Å². The number of carbonyl (C=O) groups is 1. The average Bonchev–Trinajstić information content (AvgIpc) is 2.70. The lowest BCUT2D eigenvalue weighted by Gasteiger charge is -2.13. The van der Waals surface area contributed by atoms with Crippen LogP contribution in [0.2, 0.25) is 0 Å². The van der Waals surface area contributed by atoms with Gasteiger partial charge in [-0.1, -0.05) is 15.9 Å². The molecule has 0 aliphatic rings. The van der Waals surface area contributed by atoms with Gasteiger partial charge in [0.05, 0.1) is 12.7 Å². The van der Waals surface area contributed by atoms with E-state index in [-0.39, 0.29) is 5.91 Å². The van der Waals surface area contributed by atoms with Crippen LogP contribution in [0.4, 0.5) is 0 Å². The Morgan fingerprint density at radius 1 is 1.21 bits per heavy atom. The Balaban J connectivity index is 2.32. The van der Waals surface area contributed by atoms with Crippen molar-refractivity contribution in [1.82, 2.24) is 4.68 Å². The lowest BCUT2D eigenvalue weighted by Crippen LogP contribution is -2.25. The number of carbonyl (C=O) groups excluding carboxylic acids is 1. The van der Waals surface area contributed by atoms with Crippen LogP contribution in [0, 0.1) is 13.8 Å². The number of hydrogen-bond donors (Lipinski definition) is 1. The fraction of sp³-hybridized carbons (Fsp3) is 0.214. The summed E-state index contributed by atoms with van der Waals surface area (Å²) >= 11 is 3.36. The number of benzene rings is 1. The number of halogens is 1. The van der Waals surface area contributed by atoms with E-state index < -0.39 is 0 Å². The standard InChI is InChI=1S/C14H15BrN2O2/c1-9-4-5-10(2)17(9)16-14(18)12-8-11(15)6-7-13(12)19-3/h4-8H,1-3H3,(H,16,18). The van der Waals surface area contributed by atoms with Crippen molar-refractivity contribution in [3.63, 3.8) is 0 Å². The maximum atomic E-state index is 12.3. The van der Waals surface area contributed by atoms with Crippen molar-refractivity contribution in [3.05, 3.63) is 51.8 Å². The summed E-state index contributed by atoms with van der Waals surface area (Å²) in [6.07, 6.45) is 0. The zero-order chi connectivity index (χ0) is 14.0. The molecule has 1 heterocycles. The van der Waals surface area contributed by atoms with Crippen LogP contribution >= 0.6 is 15.9 Å². The predicted molar refractivity (Wildman–Crippen MR) is 78.3 cm³/mol. The lowest BCUT2D eigenvalue weighted by molar-refractivity contribution is 0.100. The van der Waals surface area contributed by atoms with Crippen molar-refractivity contribution in [3.8, 4) is 5.75 Å². The summed E-state index contributed by atoms with van der Waals surface area (Å²) in [5, 5.41) is 0. The molecule has 0 saturated heterocycles. The topological polar surface area (TPSA) is 43.3 Å². The normalized spacial score (nSPS) is 10.3. The molecule has 19 heavy (non-hydrogen) atoms. The zero-order valence-corrected chi connectivity index (χ0v) is 12.6. The van der Waals surface area contributed by atoms with Crippen molar-refractivity contribution in [1.29, 1.82) is 0 Å². The quantitative estimate of drug-likeness (QED) is 0.942. The predicted octanol–water partition coefficient (Wildman–Crippen LogP) is 3.26. The molecule has 0 fully saturated rings. The van der Waals surface area contributed by atoms with Crippen LogP contribution in [0.3, 0.4) is 0 Å². The van der Waals surface area contributed by atoms with Gasteiger partial charge in [-0.2, -0.15) is 0 Å². The maximum absolute atomic E-state index is 12.3. The summed E-state index contributed by atoms with van der Waals surface area (Å²) in [4.78, 5) is 12.3. The van der Waals surface area contributed by atoms with Crippen LogP contribution in [0.25, 0.3) is 0 Å². The average molecular weight is 323 g/mol. The molecule has 100 valence electrons. The highest BCUT2D eigenvalue weighted by Crippen LogP contribution is 2.23. The molecule has 0 saturated carbocycles. The Labute approximate surface area is 120 Å². The van der Waals surface area contributed by atoms with E-state index in [1.165, 1.54) is 0 Å². The third-order valence-electron chi connectivity index (χ3n) is 2.89. The van der Waals surface area contributed by atoms with Crippen LogP contribution in [0.15, 0.2) is 34.8 Å². The van der Waals surface area contributed by atoms with E-state index in [0.29, 0.717) is 11.3 Å². The summed E-state index contributed by atoms with van der Waals surface area (Å²) in [6.45, 7) is 3.87. The molecule has 2 rings (SSSR count). The molecule has 0 unspecified atom stereocenters. The van der Waals surface area contributed by atoms with E-state index in [1.54, 1.807) is 23.9 Å². The number of nitrogens with one attached hydrogen (secondary N) is 1. The molecule has 0 atom stereocenters. The van der Waals surface area contributed by atoms with E-state index in [2.05, 4.69) is 21.4 Å². The van der Waals surface area contributed by atoms with E-state index in [4.69, 9.17) is 4.74 Å². The highest BCUT2D eigenvalue weighted by Gasteiger charge is 2.14. The van der Waals surface area contributed by atoms with Gasteiger partial charge in [0.25, 0.3) is 5.91 Å². The summed E-state index contributed by atoms with van der Waals surface area (Å²) < 4.78 is 7.80. The Morgan fingerprint density at radius 3 is 2.42 bits per heavy atom. The van der Waals surface area contributed by atoms with Crippen molar-refractivity contribution in [2.24, 2.45) is 0 Å². The summed E-state index contributed by atoms with van der Waals surface area (Å²) in [6, 6.07) is 9.24. The zero-order valence-electron chi connectivity index (χ0n) is 11.0. The first-order valence-electron chi connectivity index (χ1n) is 5.83. The van der Waals surface area contributed by atoms with Gasteiger partial charge in [-0.3, -0.25) is 14.9 Å². The lowest BCUT2D eigenvalue weighted by atomic mass is 10.2. The molecule has 2 aromatic rings. The maximum Gasteiger partial charge on any atom is 0.273 e. The van der Waals surface area contributed by atoms with Gasteiger partial charge in [-0.15, -0.1) is 0 Å². The van der Waals surface area contributed by atoms with Crippen LogP contribution in [-0.4, -0.2) is 17.7 Å². The fourth-order valence-corrected chi connectivity index (χ4v) is 2.23. The van der Waals surface area contributed by atoms with Gasteiger partial charge >= 0.3 is 0 Å². The number of aryl methyl sites for hydroxylation is 2. The van der Waals surface area contributed by atoms with Crippen molar-refractivity contribution < 1.29 is 9.53 Å².